The Hall–Kier alpha value is -2.65. The van der Waals surface area contributed by atoms with E-state index in [1.54, 1.807) is 0 Å². The van der Waals surface area contributed by atoms with Crippen LogP contribution in [0.4, 0.5) is 17.6 Å². The first-order chi connectivity index (χ1) is 15.2. The van der Waals surface area contributed by atoms with Gasteiger partial charge in [0.1, 0.15) is 11.3 Å². The van der Waals surface area contributed by atoms with Crippen LogP contribution >= 0.6 is 0 Å². The van der Waals surface area contributed by atoms with Crippen LogP contribution in [0.3, 0.4) is 0 Å². The van der Waals surface area contributed by atoms with E-state index in [2.05, 4.69) is 48.0 Å². The van der Waals surface area contributed by atoms with Crippen molar-refractivity contribution in [2.45, 2.75) is 57.0 Å². The fraction of sp³-hybridized carbons (Fsp3) is 0.591. The summed E-state index contributed by atoms with van der Waals surface area (Å²) in [5.41, 5.74) is 9.47. The predicted molar refractivity (Wildman–Crippen MR) is 121 cm³/mol. The Labute approximate surface area is 182 Å². The van der Waals surface area contributed by atoms with Crippen LogP contribution in [0.2, 0.25) is 0 Å². The topological polar surface area (TPSA) is 103 Å². The molecule has 31 heavy (non-hydrogen) atoms. The number of nitrogens with one attached hydrogen (secondary N) is 2. The van der Waals surface area contributed by atoms with Gasteiger partial charge in [-0.25, -0.2) is 4.52 Å². The summed E-state index contributed by atoms with van der Waals surface area (Å²) in [5.74, 6) is 3.09. The van der Waals surface area contributed by atoms with E-state index in [4.69, 9.17) is 15.8 Å². The Kier molecular flexibility index (Phi) is 4.80. The molecular formula is C22H31N9. The van der Waals surface area contributed by atoms with Crippen molar-refractivity contribution in [1.82, 2.24) is 29.7 Å². The molecule has 0 radical (unpaired) electrons. The van der Waals surface area contributed by atoms with Crippen molar-refractivity contribution in [1.29, 1.82) is 0 Å². The SMILES string of the molecule is NC1CCN(c2nc(Nc3cc(C4CC4)n[nH]3)c3ccc(CN4CCCC4)n3n2)CC1. The number of H-pyrrole nitrogens is 1. The van der Waals surface area contributed by atoms with Crippen LogP contribution in [0.5, 0.6) is 0 Å². The fourth-order valence-electron chi connectivity index (χ4n) is 4.77. The smallest absolute Gasteiger partial charge is 0.245 e. The van der Waals surface area contributed by atoms with E-state index in [0.717, 1.165) is 61.3 Å². The van der Waals surface area contributed by atoms with Crippen molar-refractivity contribution < 1.29 is 0 Å². The van der Waals surface area contributed by atoms with Crippen LogP contribution in [-0.2, 0) is 6.54 Å². The molecule has 2 aliphatic heterocycles. The lowest BCUT2D eigenvalue weighted by Crippen LogP contribution is -2.40. The van der Waals surface area contributed by atoms with Crippen molar-refractivity contribution in [3.8, 4) is 0 Å². The Morgan fingerprint density at radius 3 is 2.65 bits per heavy atom. The van der Waals surface area contributed by atoms with Gasteiger partial charge in [-0.05, 0) is 63.7 Å². The van der Waals surface area contributed by atoms with E-state index in [-0.39, 0.29) is 6.04 Å². The van der Waals surface area contributed by atoms with Crippen LogP contribution in [0.25, 0.3) is 5.52 Å². The number of aromatic amines is 1. The number of anilines is 3. The van der Waals surface area contributed by atoms with Gasteiger partial charge >= 0.3 is 0 Å². The summed E-state index contributed by atoms with van der Waals surface area (Å²) >= 11 is 0. The number of fused-ring (bicyclic) bond motifs is 1. The molecule has 9 nitrogen and oxygen atoms in total. The monoisotopic (exact) mass is 421 g/mol. The number of nitrogens with zero attached hydrogens (tertiary/aromatic N) is 6. The standard InChI is InChI=1S/C22H31N9/c23-16-7-11-30(12-8-16)22-25-21(24-20-13-18(26-27-20)15-3-4-15)19-6-5-17(31(19)28-22)14-29-9-1-2-10-29/h5-6,13,15-16H,1-4,7-12,14,23H2,(H2,24,25,26,27,28). The van der Waals surface area contributed by atoms with Crippen LogP contribution in [-0.4, -0.2) is 61.9 Å². The quantitative estimate of drug-likeness (QED) is 0.562. The average molecular weight is 422 g/mol. The maximum Gasteiger partial charge on any atom is 0.245 e. The third kappa shape index (κ3) is 3.87. The first-order valence-corrected chi connectivity index (χ1v) is 11.7. The van der Waals surface area contributed by atoms with Gasteiger partial charge in [0.25, 0.3) is 0 Å². The molecule has 0 unspecified atom stereocenters. The highest BCUT2D eigenvalue weighted by molar-refractivity contribution is 5.73. The van der Waals surface area contributed by atoms with Crippen LogP contribution in [0.15, 0.2) is 18.2 Å². The minimum atomic E-state index is 0.278. The third-order valence-electron chi connectivity index (χ3n) is 6.83. The number of hydrogen-bond acceptors (Lipinski definition) is 7. The number of hydrogen-bond donors (Lipinski definition) is 3. The first kappa shape index (κ1) is 19.1. The third-order valence-corrected chi connectivity index (χ3v) is 6.83. The Morgan fingerprint density at radius 2 is 1.87 bits per heavy atom. The molecule has 5 heterocycles. The van der Waals surface area contributed by atoms with Crippen molar-refractivity contribution in [3.05, 3.63) is 29.6 Å². The molecule has 4 N–H and O–H groups in total. The lowest BCUT2D eigenvalue weighted by molar-refractivity contribution is 0.324. The molecule has 1 saturated carbocycles. The van der Waals surface area contributed by atoms with E-state index in [1.807, 2.05) is 0 Å². The van der Waals surface area contributed by atoms with Gasteiger partial charge in [0.15, 0.2) is 5.82 Å². The highest BCUT2D eigenvalue weighted by Gasteiger charge is 2.27. The molecule has 0 amide bonds. The molecule has 9 heteroatoms. The molecular weight excluding hydrogens is 390 g/mol. The summed E-state index contributed by atoms with van der Waals surface area (Å²) in [7, 11) is 0. The molecule has 3 aromatic heterocycles. The molecule has 164 valence electrons. The zero-order chi connectivity index (χ0) is 20.8. The van der Waals surface area contributed by atoms with E-state index in [0.29, 0.717) is 5.92 Å². The van der Waals surface area contributed by atoms with E-state index in [1.165, 1.54) is 44.5 Å². The van der Waals surface area contributed by atoms with E-state index in [9.17, 15) is 0 Å². The molecule has 0 atom stereocenters. The van der Waals surface area contributed by atoms with Gasteiger partial charge in [0, 0.05) is 37.7 Å². The molecule has 1 aliphatic carbocycles. The molecule has 3 aromatic rings. The normalized spacial score (nSPS) is 20.7. The largest absolute Gasteiger partial charge is 0.339 e. The summed E-state index contributed by atoms with van der Waals surface area (Å²) in [6.45, 7) is 5.04. The van der Waals surface area contributed by atoms with Crippen LogP contribution < -0.4 is 16.0 Å². The second-order valence-electron chi connectivity index (χ2n) is 9.30. The second kappa shape index (κ2) is 7.80. The van der Waals surface area contributed by atoms with Gasteiger partial charge < -0.3 is 16.0 Å². The molecule has 0 aromatic carbocycles. The summed E-state index contributed by atoms with van der Waals surface area (Å²) in [6, 6.07) is 6.71. The maximum atomic E-state index is 6.13. The summed E-state index contributed by atoms with van der Waals surface area (Å²) < 4.78 is 2.08. The van der Waals surface area contributed by atoms with E-state index < -0.39 is 0 Å². The fourth-order valence-corrected chi connectivity index (χ4v) is 4.77. The second-order valence-corrected chi connectivity index (χ2v) is 9.30. The summed E-state index contributed by atoms with van der Waals surface area (Å²) in [5, 5.41) is 16.1. The molecule has 3 aliphatic rings. The highest BCUT2D eigenvalue weighted by atomic mass is 15.4. The van der Waals surface area contributed by atoms with Gasteiger partial charge in [-0.15, -0.1) is 5.10 Å². The minimum absolute atomic E-state index is 0.278. The van der Waals surface area contributed by atoms with Crippen molar-refractivity contribution >= 4 is 23.1 Å². The zero-order valence-corrected chi connectivity index (χ0v) is 17.9. The van der Waals surface area contributed by atoms with E-state index >= 15 is 0 Å². The number of piperidine rings is 1. The van der Waals surface area contributed by atoms with Gasteiger partial charge in [-0.3, -0.25) is 10.00 Å². The van der Waals surface area contributed by atoms with Crippen LogP contribution in [0.1, 0.15) is 55.8 Å². The van der Waals surface area contributed by atoms with Gasteiger partial charge in [0.05, 0.1) is 11.4 Å². The predicted octanol–water partition coefficient (Wildman–Crippen LogP) is 2.60. The van der Waals surface area contributed by atoms with Crippen molar-refractivity contribution in [2.75, 3.05) is 36.4 Å². The minimum Gasteiger partial charge on any atom is -0.339 e. The molecule has 2 saturated heterocycles. The van der Waals surface area contributed by atoms with Gasteiger partial charge in [0.2, 0.25) is 5.95 Å². The van der Waals surface area contributed by atoms with Crippen molar-refractivity contribution in [2.24, 2.45) is 5.73 Å². The lowest BCUT2D eigenvalue weighted by atomic mass is 10.1. The molecule has 6 rings (SSSR count). The van der Waals surface area contributed by atoms with Gasteiger partial charge in [-0.1, -0.05) is 0 Å². The maximum absolute atomic E-state index is 6.13. The summed E-state index contributed by atoms with van der Waals surface area (Å²) in [4.78, 5) is 9.71. The Balaban J connectivity index is 1.35. The highest BCUT2D eigenvalue weighted by Crippen LogP contribution is 2.39. The number of likely N-dealkylation sites (tertiary alicyclic amines) is 1. The molecule has 3 fully saturated rings. The number of rotatable bonds is 6. The van der Waals surface area contributed by atoms with Crippen LogP contribution in [0, 0.1) is 0 Å². The lowest BCUT2D eigenvalue weighted by Gasteiger charge is -2.30. The Bertz CT molecular complexity index is 1050. The Morgan fingerprint density at radius 1 is 1.06 bits per heavy atom. The zero-order valence-electron chi connectivity index (χ0n) is 17.9. The first-order valence-electron chi connectivity index (χ1n) is 11.7. The summed E-state index contributed by atoms with van der Waals surface area (Å²) in [6.07, 6.45) is 6.99. The average Bonchev–Trinajstić information content (AvgIpc) is 3.15. The molecule has 0 bridgehead atoms. The van der Waals surface area contributed by atoms with Crippen molar-refractivity contribution in [3.63, 3.8) is 0 Å². The van der Waals surface area contributed by atoms with Gasteiger partial charge in [-0.2, -0.15) is 10.1 Å². The number of nitrogens with two attached hydrogens (primary N) is 1. The number of aromatic nitrogens is 5. The molecule has 0 spiro atoms.